The predicted molar refractivity (Wildman–Crippen MR) is 134 cm³/mol. The van der Waals surface area contributed by atoms with Crippen LogP contribution in [0.4, 0.5) is 0 Å². The molecule has 0 aromatic heterocycles. The third-order valence-corrected chi connectivity index (χ3v) is 10.4. The van der Waals surface area contributed by atoms with Gasteiger partial charge in [0.15, 0.2) is 0 Å². The average Bonchev–Trinajstić information content (AvgIpc) is 2.66. The van der Waals surface area contributed by atoms with Gasteiger partial charge in [-0.1, -0.05) is 84.0 Å². The van der Waals surface area contributed by atoms with Crippen LogP contribution in [0.2, 0.25) is 18.1 Å². The van der Waals surface area contributed by atoms with Gasteiger partial charge in [-0.3, -0.25) is 0 Å². The maximum absolute atomic E-state index is 6.54. The zero-order chi connectivity index (χ0) is 23.3. The van der Waals surface area contributed by atoms with E-state index in [1.54, 1.807) is 7.11 Å². The minimum absolute atomic E-state index is 0.0989. The number of hydrogen-bond donors (Lipinski definition) is 0. The summed E-state index contributed by atoms with van der Waals surface area (Å²) in [5.74, 6) is 1.76. The van der Waals surface area contributed by atoms with Crippen LogP contribution in [0.3, 0.4) is 0 Å². The van der Waals surface area contributed by atoms with Crippen LogP contribution in [0.25, 0.3) is 5.76 Å². The van der Waals surface area contributed by atoms with Gasteiger partial charge in [0.1, 0.15) is 11.5 Å². The average molecular weight is 441 g/mol. The molecule has 0 saturated heterocycles. The summed E-state index contributed by atoms with van der Waals surface area (Å²) < 4.78 is 18.6. The molecule has 0 aliphatic heterocycles. The second kappa shape index (κ2) is 10.1. The molecular weight excluding hydrogens is 400 g/mol. The molecule has 0 amide bonds. The molecule has 170 valence electrons. The van der Waals surface area contributed by atoms with Gasteiger partial charge in [-0.2, -0.15) is 0 Å². The van der Waals surface area contributed by atoms with Crippen molar-refractivity contribution in [3.63, 3.8) is 0 Å². The molecule has 0 aliphatic carbocycles. The van der Waals surface area contributed by atoms with Gasteiger partial charge in [-0.25, -0.2) is 0 Å². The monoisotopic (exact) mass is 440 g/mol. The van der Waals surface area contributed by atoms with Crippen LogP contribution in [-0.4, -0.2) is 22.0 Å². The van der Waals surface area contributed by atoms with Gasteiger partial charge in [0.25, 0.3) is 0 Å². The summed E-state index contributed by atoms with van der Waals surface area (Å²) in [6, 6.07) is 18.5. The van der Waals surface area contributed by atoms with Gasteiger partial charge < -0.3 is 13.9 Å². The SMILES string of the molecule is CO/C(=C(/COCc1ccccc1)C(C)(C)C)c1cccc(O[Si](C)(C)C(C)(C)C)c1. The normalized spacial score (nSPS) is 13.6. The van der Waals surface area contributed by atoms with Crippen molar-refractivity contribution in [2.75, 3.05) is 13.7 Å². The van der Waals surface area contributed by atoms with E-state index in [0.29, 0.717) is 13.2 Å². The second-order valence-electron chi connectivity index (χ2n) is 10.6. The first kappa shape index (κ1) is 25.2. The first-order valence-corrected chi connectivity index (χ1v) is 13.9. The first-order valence-electron chi connectivity index (χ1n) is 11.0. The largest absolute Gasteiger partial charge is 0.543 e. The summed E-state index contributed by atoms with van der Waals surface area (Å²) in [7, 11) is -0.182. The van der Waals surface area contributed by atoms with Crippen LogP contribution >= 0.6 is 0 Å². The van der Waals surface area contributed by atoms with E-state index in [1.807, 2.05) is 30.3 Å². The molecule has 2 aromatic rings. The van der Waals surface area contributed by atoms with Crippen LogP contribution in [0.15, 0.2) is 60.2 Å². The molecule has 0 fully saturated rings. The lowest BCUT2D eigenvalue weighted by Crippen LogP contribution is -2.43. The summed E-state index contributed by atoms with van der Waals surface area (Å²) in [4.78, 5) is 0. The summed E-state index contributed by atoms with van der Waals surface area (Å²) in [5.41, 5.74) is 3.22. The molecule has 0 unspecified atom stereocenters. The highest BCUT2D eigenvalue weighted by atomic mass is 28.4. The van der Waals surface area contributed by atoms with Crippen molar-refractivity contribution in [2.45, 2.75) is 66.3 Å². The fourth-order valence-corrected chi connectivity index (χ4v) is 4.05. The number of ether oxygens (including phenoxy) is 2. The minimum atomic E-state index is -1.92. The molecule has 3 nitrogen and oxygen atoms in total. The molecule has 0 aliphatic rings. The van der Waals surface area contributed by atoms with E-state index >= 15 is 0 Å². The smallest absolute Gasteiger partial charge is 0.250 e. The fourth-order valence-electron chi connectivity index (χ4n) is 3.03. The zero-order valence-electron chi connectivity index (χ0n) is 20.8. The van der Waals surface area contributed by atoms with Gasteiger partial charge in [-0.05, 0) is 41.2 Å². The van der Waals surface area contributed by atoms with Crippen molar-refractivity contribution in [2.24, 2.45) is 5.41 Å². The number of benzene rings is 2. The molecule has 4 heteroatoms. The van der Waals surface area contributed by atoms with Gasteiger partial charge in [0.05, 0.1) is 20.3 Å². The van der Waals surface area contributed by atoms with Gasteiger partial charge >= 0.3 is 0 Å². The van der Waals surface area contributed by atoms with Crippen LogP contribution in [-0.2, 0) is 16.1 Å². The lowest BCUT2D eigenvalue weighted by molar-refractivity contribution is 0.129. The van der Waals surface area contributed by atoms with E-state index in [2.05, 4.69) is 78.9 Å². The molecule has 2 rings (SSSR count). The van der Waals surface area contributed by atoms with Crippen LogP contribution < -0.4 is 4.43 Å². The summed E-state index contributed by atoms with van der Waals surface area (Å²) in [6.07, 6.45) is 0. The molecule has 0 bridgehead atoms. The molecular formula is C27H40O3Si. The maximum Gasteiger partial charge on any atom is 0.250 e. The van der Waals surface area contributed by atoms with Crippen molar-refractivity contribution in [1.82, 2.24) is 0 Å². The van der Waals surface area contributed by atoms with E-state index in [-0.39, 0.29) is 10.5 Å². The molecule has 0 saturated carbocycles. The molecule has 31 heavy (non-hydrogen) atoms. The van der Waals surface area contributed by atoms with E-state index in [0.717, 1.165) is 22.6 Å². The highest BCUT2D eigenvalue weighted by Crippen LogP contribution is 2.39. The van der Waals surface area contributed by atoms with Crippen LogP contribution in [0.1, 0.15) is 52.7 Å². The summed E-state index contributed by atoms with van der Waals surface area (Å²) in [6.45, 7) is 19.0. The maximum atomic E-state index is 6.54. The highest BCUT2D eigenvalue weighted by Gasteiger charge is 2.39. The van der Waals surface area contributed by atoms with Gasteiger partial charge in [-0.15, -0.1) is 0 Å². The molecule has 0 spiro atoms. The van der Waals surface area contributed by atoms with Crippen molar-refractivity contribution in [3.8, 4) is 5.75 Å². The third kappa shape index (κ3) is 6.98. The van der Waals surface area contributed by atoms with Crippen LogP contribution in [0, 0.1) is 5.41 Å². The number of rotatable bonds is 8. The molecule has 2 aromatic carbocycles. The highest BCUT2D eigenvalue weighted by molar-refractivity contribution is 6.74. The van der Waals surface area contributed by atoms with E-state index in [9.17, 15) is 0 Å². The molecule has 0 atom stereocenters. The number of hydrogen-bond acceptors (Lipinski definition) is 3. The van der Waals surface area contributed by atoms with E-state index in [4.69, 9.17) is 13.9 Å². The quantitative estimate of drug-likeness (QED) is 0.311. The van der Waals surface area contributed by atoms with Crippen molar-refractivity contribution < 1.29 is 13.9 Å². The minimum Gasteiger partial charge on any atom is -0.543 e. The first-order chi connectivity index (χ1) is 14.3. The standard InChI is InChI=1S/C27H40O3Si/c1-26(2,3)24(20-29-19-21-14-11-10-12-15-21)25(28-7)22-16-13-17-23(18-22)30-31(8,9)27(4,5)6/h10-18H,19-20H2,1-9H3/b25-24-. The Kier molecular flexibility index (Phi) is 8.18. The lowest BCUT2D eigenvalue weighted by Gasteiger charge is -2.36. The second-order valence-corrected chi connectivity index (χ2v) is 15.4. The Hall–Kier alpha value is -2.04. The third-order valence-electron chi connectivity index (χ3n) is 6.02. The fraction of sp³-hybridized carbons (Fsp3) is 0.481. The van der Waals surface area contributed by atoms with Gasteiger partial charge in [0.2, 0.25) is 8.32 Å². The molecule has 0 radical (unpaired) electrons. The Labute approximate surface area is 190 Å². The Balaban J connectivity index is 2.33. The Morgan fingerprint density at radius 2 is 1.52 bits per heavy atom. The summed E-state index contributed by atoms with van der Waals surface area (Å²) in [5, 5.41) is 0.144. The van der Waals surface area contributed by atoms with Crippen molar-refractivity contribution in [1.29, 1.82) is 0 Å². The predicted octanol–water partition coefficient (Wildman–Crippen LogP) is 7.69. The lowest BCUT2D eigenvalue weighted by atomic mass is 9.84. The Bertz CT molecular complexity index is 871. The van der Waals surface area contributed by atoms with Gasteiger partial charge in [0, 0.05) is 11.1 Å². The Morgan fingerprint density at radius 1 is 0.871 bits per heavy atom. The van der Waals surface area contributed by atoms with Crippen molar-refractivity contribution in [3.05, 3.63) is 71.3 Å². The molecule has 0 N–H and O–H groups in total. The summed E-state index contributed by atoms with van der Waals surface area (Å²) >= 11 is 0. The van der Waals surface area contributed by atoms with Crippen LogP contribution in [0.5, 0.6) is 5.75 Å². The zero-order valence-corrected chi connectivity index (χ0v) is 21.8. The van der Waals surface area contributed by atoms with E-state index in [1.165, 1.54) is 5.56 Å². The Morgan fingerprint density at radius 3 is 2.06 bits per heavy atom. The number of methoxy groups -OCH3 is 1. The molecule has 0 heterocycles. The topological polar surface area (TPSA) is 27.7 Å². The van der Waals surface area contributed by atoms with E-state index < -0.39 is 8.32 Å². The van der Waals surface area contributed by atoms with Crippen molar-refractivity contribution >= 4 is 14.1 Å².